The van der Waals surface area contributed by atoms with Gasteiger partial charge in [-0.05, 0) is 53.0 Å². The molecule has 2 N–H and O–H groups in total. The molecule has 1 fully saturated rings. The van der Waals surface area contributed by atoms with Crippen LogP contribution < -0.4 is 5.73 Å². The lowest BCUT2D eigenvalue weighted by atomic mass is 10.2. The maximum absolute atomic E-state index is 6.00. The highest BCUT2D eigenvalue weighted by molar-refractivity contribution is 9.10. The minimum absolute atomic E-state index is 0.558. The minimum atomic E-state index is 0.558. The number of fused-ring (bicyclic) bond motifs is 1. The summed E-state index contributed by atoms with van der Waals surface area (Å²) in [4.78, 5) is 8.91. The van der Waals surface area contributed by atoms with Crippen LogP contribution >= 0.6 is 15.9 Å². The van der Waals surface area contributed by atoms with Gasteiger partial charge in [0.15, 0.2) is 0 Å². The van der Waals surface area contributed by atoms with E-state index in [9.17, 15) is 0 Å². The third kappa shape index (κ3) is 1.81. The van der Waals surface area contributed by atoms with Gasteiger partial charge < -0.3 is 10.3 Å². The average Bonchev–Trinajstić information content (AvgIpc) is 3.22. The molecule has 0 atom stereocenters. The van der Waals surface area contributed by atoms with E-state index in [1.54, 1.807) is 0 Å². The van der Waals surface area contributed by atoms with Crippen LogP contribution in [0.3, 0.4) is 0 Å². The van der Waals surface area contributed by atoms with Crippen LogP contribution in [0.1, 0.15) is 18.9 Å². The van der Waals surface area contributed by atoms with Crippen LogP contribution in [0, 0.1) is 0 Å². The predicted octanol–water partition coefficient (Wildman–Crippen LogP) is 3.78. The Labute approximate surface area is 124 Å². The summed E-state index contributed by atoms with van der Waals surface area (Å²) in [6.07, 6.45) is 6.07. The van der Waals surface area contributed by atoms with E-state index in [2.05, 4.69) is 25.5 Å². The van der Waals surface area contributed by atoms with Crippen LogP contribution in [-0.2, 0) is 0 Å². The van der Waals surface area contributed by atoms with Crippen LogP contribution in [0.25, 0.3) is 22.4 Å². The van der Waals surface area contributed by atoms with Gasteiger partial charge in [-0.3, -0.25) is 4.98 Å². The Balaban J connectivity index is 1.98. The minimum Gasteiger partial charge on any atom is -0.398 e. The van der Waals surface area contributed by atoms with Crippen molar-refractivity contribution in [2.45, 2.75) is 18.9 Å². The van der Waals surface area contributed by atoms with E-state index in [-0.39, 0.29) is 0 Å². The number of hydrogen-bond donors (Lipinski definition) is 1. The van der Waals surface area contributed by atoms with Gasteiger partial charge in [0, 0.05) is 28.0 Å². The highest BCUT2D eigenvalue weighted by atomic mass is 79.9. The van der Waals surface area contributed by atoms with Gasteiger partial charge in [0.05, 0.1) is 11.7 Å². The topological polar surface area (TPSA) is 56.7 Å². The second-order valence-electron chi connectivity index (χ2n) is 5.14. The van der Waals surface area contributed by atoms with Gasteiger partial charge in [0.1, 0.15) is 11.3 Å². The van der Waals surface area contributed by atoms with Crippen LogP contribution in [-0.4, -0.2) is 14.5 Å². The Kier molecular flexibility index (Phi) is 2.57. The van der Waals surface area contributed by atoms with Gasteiger partial charge in [-0.1, -0.05) is 0 Å². The maximum atomic E-state index is 6.00. The van der Waals surface area contributed by atoms with E-state index in [1.807, 2.05) is 36.7 Å². The molecule has 4 rings (SSSR count). The zero-order valence-corrected chi connectivity index (χ0v) is 12.3. The number of nitrogen functional groups attached to an aromatic ring is 1. The summed E-state index contributed by atoms with van der Waals surface area (Å²) in [5.74, 6) is 0.981. The van der Waals surface area contributed by atoms with Gasteiger partial charge in [-0.2, -0.15) is 0 Å². The Bertz CT molecular complexity index is 805. The molecule has 1 saturated carbocycles. The van der Waals surface area contributed by atoms with Gasteiger partial charge in [0.2, 0.25) is 0 Å². The number of hydrogen-bond acceptors (Lipinski definition) is 3. The van der Waals surface area contributed by atoms with Crippen molar-refractivity contribution in [3.05, 3.63) is 41.1 Å². The Morgan fingerprint density at radius 3 is 2.85 bits per heavy atom. The molecule has 1 aliphatic carbocycles. The average molecular weight is 329 g/mol. The summed E-state index contributed by atoms with van der Waals surface area (Å²) in [6, 6.07) is 8.58. The SMILES string of the molecule is Nc1cc(-c2nc3cnccc3n2C2CC2)ccc1Br. The van der Waals surface area contributed by atoms with E-state index in [4.69, 9.17) is 10.7 Å². The Morgan fingerprint density at radius 1 is 1.25 bits per heavy atom. The number of pyridine rings is 1. The molecule has 0 aliphatic heterocycles. The first-order chi connectivity index (χ1) is 9.74. The van der Waals surface area contributed by atoms with Crippen LogP contribution in [0.2, 0.25) is 0 Å². The molecule has 20 heavy (non-hydrogen) atoms. The summed E-state index contributed by atoms with van der Waals surface area (Å²) < 4.78 is 3.23. The van der Waals surface area contributed by atoms with Crippen molar-refractivity contribution in [2.24, 2.45) is 0 Å². The number of nitrogens with zero attached hydrogens (tertiary/aromatic N) is 3. The molecule has 4 nitrogen and oxygen atoms in total. The van der Waals surface area contributed by atoms with Crippen LogP contribution in [0.15, 0.2) is 41.1 Å². The second kappa shape index (κ2) is 4.31. The van der Waals surface area contributed by atoms with Gasteiger partial charge in [-0.25, -0.2) is 4.98 Å². The fourth-order valence-electron chi connectivity index (χ4n) is 2.54. The molecule has 0 radical (unpaired) electrons. The number of nitrogens with two attached hydrogens (primary N) is 1. The number of benzene rings is 1. The number of imidazole rings is 1. The summed E-state index contributed by atoms with van der Waals surface area (Å²) in [6.45, 7) is 0. The lowest BCUT2D eigenvalue weighted by molar-refractivity contribution is 0.775. The van der Waals surface area contributed by atoms with E-state index < -0.39 is 0 Å². The van der Waals surface area contributed by atoms with Crippen LogP contribution in [0.5, 0.6) is 0 Å². The zero-order valence-electron chi connectivity index (χ0n) is 10.8. The number of rotatable bonds is 2. The van der Waals surface area contributed by atoms with Crippen molar-refractivity contribution in [1.29, 1.82) is 0 Å². The van der Waals surface area contributed by atoms with Crippen molar-refractivity contribution in [3.8, 4) is 11.4 Å². The van der Waals surface area contributed by atoms with Crippen molar-refractivity contribution in [3.63, 3.8) is 0 Å². The molecule has 5 heteroatoms. The van der Waals surface area contributed by atoms with Crippen molar-refractivity contribution in [2.75, 3.05) is 5.73 Å². The molecule has 2 heterocycles. The van der Waals surface area contributed by atoms with Gasteiger partial charge in [-0.15, -0.1) is 0 Å². The molecule has 0 amide bonds. The quantitative estimate of drug-likeness (QED) is 0.728. The van der Waals surface area contributed by atoms with E-state index in [0.29, 0.717) is 6.04 Å². The summed E-state index contributed by atoms with van der Waals surface area (Å²) >= 11 is 3.43. The standard InChI is InChI=1S/C15H13BrN4/c16-11-4-1-9(7-12(11)17)15-19-13-8-18-6-5-14(13)20(15)10-2-3-10/h1,4-8,10H,2-3,17H2. The number of halogens is 1. The molecule has 1 aromatic carbocycles. The largest absolute Gasteiger partial charge is 0.398 e. The highest BCUT2D eigenvalue weighted by Gasteiger charge is 2.28. The van der Waals surface area contributed by atoms with Crippen molar-refractivity contribution >= 4 is 32.7 Å². The summed E-state index contributed by atoms with van der Waals surface area (Å²) in [5, 5.41) is 0. The Morgan fingerprint density at radius 2 is 2.10 bits per heavy atom. The second-order valence-corrected chi connectivity index (χ2v) is 5.99. The lowest BCUT2D eigenvalue weighted by Gasteiger charge is -2.08. The third-order valence-electron chi connectivity index (χ3n) is 3.66. The monoisotopic (exact) mass is 328 g/mol. The molecule has 0 saturated heterocycles. The lowest BCUT2D eigenvalue weighted by Crippen LogP contribution is -1.98. The summed E-state index contributed by atoms with van der Waals surface area (Å²) in [5.41, 5.74) is 9.87. The third-order valence-corrected chi connectivity index (χ3v) is 4.38. The molecule has 2 aromatic heterocycles. The molecule has 0 unspecified atom stereocenters. The normalized spacial score (nSPS) is 14.8. The zero-order chi connectivity index (χ0) is 13.7. The fraction of sp³-hybridized carbons (Fsp3) is 0.200. The predicted molar refractivity (Wildman–Crippen MR) is 83.3 cm³/mol. The molecule has 1 aliphatic rings. The maximum Gasteiger partial charge on any atom is 0.141 e. The fourth-order valence-corrected chi connectivity index (χ4v) is 2.79. The van der Waals surface area contributed by atoms with Crippen molar-refractivity contribution in [1.82, 2.24) is 14.5 Å². The molecule has 100 valence electrons. The van der Waals surface area contributed by atoms with E-state index in [0.717, 1.165) is 32.6 Å². The number of aromatic nitrogens is 3. The van der Waals surface area contributed by atoms with Crippen molar-refractivity contribution < 1.29 is 0 Å². The number of anilines is 1. The first kappa shape index (κ1) is 11.9. The Hall–Kier alpha value is -1.88. The molecular formula is C15H13BrN4. The van der Waals surface area contributed by atoms with Gasteiger partial charge in [0.25, 0.3) is 0 Å². The van der Waals surface area contributed by atoms with Gasteiger partial charge >= 0.3 is 0 Å². The first-order valence-corrected chi connectivity index (χ1v) is 7.40. The molecular weight excluding hydrogens is 316 g/mol. The smallest absolute Gasteiger partial charge is 0.141 e. The molecule has 0 bridgehead atoms. The first-order valence-electron chi connectivity index (χ1n) is 6.61. The molecule has 3 aromatic rings. The highest BCUT2D eigenvalue weighted by Crippen LogP contribution is 2.41. The van der Waals surface area contributed by atoms with E-state index >= 15 is 0 Å². The summed E-state index contributed by atoms with van der Waals surface area (Å²) in [7, 11) is 0. The molecule has 0 spiro atoms. The van der Waals surface area contributed by atoms with E-state index in [1.165, 1.54) is 12.8 Å². The van der Waals surface area contributed by atoms with Crippen LogP contribution in [0.4, 0.5) is 5.69 Å².